The molecule has 0 aliphatic carbocycles. The van der Waals surface area contributed by atoms with Crippen LogP contribution in [0, 0.1) is 13.8 Å². The lowest BCUT2D eigenvalue weighted by Crippen LogP contribution is -2.38. The minimum Gasteiger partial charge on any atom is -0.495 e. The molecule has 8 heteroatoms. The van der Waals surface area contributed by atoms with Gasteiger partial charge in [-0.25, -0.2) is 9.48 Å². The molecule has 8 nitrogen and oxygen atoms in total. The Kier molecular flexibility index (Phi) is 6.97. The zero-order chi connectivity index (χ0) is 28.5. The van der Waals surface area contributed by atoms with Crippen molar-refractivity contribution in [3.8, 4) is 23.0 Å². The second-order valence-electron chi connectivity index (χ2n) is 10.1. The lowest BCUT2D eigenvalue weighted by Gasteiger charge is -2.31. The highest BCUT2D eigenvalue weighted by Crippen LogP contribution is 2.40. The number of urea groups is 1. The first-order valence-electron chi connectivity index (χ1n) is 13.7. The molecule has 3 aromatic carbocycles. The molecule has 0 fully saturated rings. The lowest BCUT2D eigenvalue weighted by molar-refractivity contribution is 0.194. The van der Waals surface area contributed by atoms with Crippen LogP contribution < -0.4 is 14.8 Å². The van der Waals surface area contributed by atoms with Gasteiger partial charge in [-0.2, -0.15) is 5.10 Å². The van der Waals surface area contributed by atoms with Gasteiger partial charge in [0.2, 0.25) is 0 Å². The zero-order valence-corrected chi connectivity index (χ0v) is 23.7. The van der Waals surface area contributed by atoms with Crippen LogP contribution in [0.1, 0.15) is 41.0 Å². The highest BCUT2D eigenvalue weighted by Gasteiger charge is 2.36. The molecule has 41 heavy (non-hydrogen) atoms. The number of nitrogens with zero attached hydrogens (tertiary/aromatic N) is 4. The molecule has 1 N–H and O–H groups in total. The smallest absolute Gasteiger partial charge is 0.323 e. The van der Waals surface area contributed by atoms with Gasteiger partial charge in [-0.3, -0.25) is 0 Å². The largest absolute Gasteiger partial charge is 0.495 e. The molecule has 6 rings (SSSR count). The average molecular weight is 548 g/mol. The molecule has 2 aromatic heterocycles. The molecule has 0 spiro atoms. The van der Waals surface area contributed by atoms with E-state index in [0.29, 0.717) is 24.6 Å². The summed E-state index contributed by atoms with van der Waals surface area (Å²) in [4.78, 5) is 16.2. The molecule has 0 bridgehead atoms. The molecule has 5 aromatic rings. The summed E-state index contributed by atoms with van der Waals surface area (Å²) in [7, 11) is 1.61. The Labute approximate surface area is 239 Å². The summed E-state index contributed by atoms with van der Waals surface area (Å²) in [5.41, 5.74) is 6.32. The second kappa shape index (κ2) is 10.9. The fourth-order valence-corrected chi connectivity index (χ4v) is 5.55. The zero-order valence-electron chi connectivity index (χ0n) is 23.7. The summed E-state index contributed by atoms with van der Waals surface area (Å²) in [6, 6.07) is 27.2. The predicted molar refractivity (Wildman–Crippen MR) is 159 cm³/mol. The number of benzene rings is 3. The van der Waals surface area contributed by atoms with Crippen molar-refractivity contribution in [2.75, 3.05) is 19.0 Å². The van der Waals surface area contributed by atoms with Crippen molar-refractivity contribution in [2.45, 2.75) is 33.4 Å². The van der Waals surface area contributed by atoms with Gasteiger partial charge in [0, 0.05) is 11.8 Å². The van der Waals surface area contributed by atoms with Crippen LogP contribution in [0.25, 0.3) is 11.5 Å². The highest BCUT2D eigenvalue weighted by atomic mass is 16.5. The van der Waals surface area contributed by atoms with Crippen LogP contribution in [0.15, 0.2) is 91.1 Å². The van der Waals surface area contributed by atoms with E-state index >= 15 is 0 Å². The van der Waals surface area contributed by atoms with Crippen molar-refractivity contribution in [1.82, 2.24) is 19.2 Å². The third-order valence-corrected chi connectivity index (χ3v) is 7.43. The maximum absolute atomic E-state index is 14.3. The minimum atomic E-state index is -0.405. The first-order valence-corrected chi connectivity index (χ1v) is 13.7. The number of carbonyl (C=O) groups is 1. The number of carbonyl (C=O) groups excluding carboxylic acids is 1. The van der Waals surface area contributed by atoms with Crippen molar-refractivity contribution in [3.05, 3.63) is 119 Å². The third kappa shape index (κ3) is 4.82. The summed E-state index contributed by atoms with van der Waals surface area (Å²) < 4.78 is 15.5. The van der Waals surface area contributed by atoms with E-state index in [1.54, 1.807) is 7.11 Å². The van der Waals surface area contributed by atoms with Crippen molar-refractivity contribution in [3.63, 3.8) is 0 Å². The molecule has 0 saturated carbocycles. The van der Waals surface area contributed by atoms with Gasteiger partial charge in [0.25, 0.3) is 0 Å². The molecule has 0 saturated heterocycles. The monoisotopic (exact) mass is 547 g/mol. The van der Waals surface area contributed by atoms with Gasteiger partial charge < -0.3 is 24.3 Å². The Morgan fingerprint density at radius 1 is 1.00 bits per heavy atom. The van der Waals surface area contributed by atoms with E-state index in [2.05, 4.69) is 16.0 Å². The highest BCUT2D eigenvalue weighted by molar-refractivity contribution is 5.92. The fraction of sp³-hybridized carbons (Fsp3) is 0.212. The average Bonchev–Trinajstić information content (AvgIpc) is 3.54. The van der Waals surface area contributed by atoms with E-state index in [9.17, 15) is 4.79 Å². The van der Waals surface area contributed by atoms with Crippen LogP contribution >= 0.6 is 0 Å². The molecular weight excluding hydrogens is 514 g/mol. The maximum atomic E-state index is 14.3. The molecule has 0 unspecified atom stereocenters. The Morgan fingerprint density at radius 3 is 2.61 bits per heavy atom. The van der Waals surface area contributed by atoms with Crippen LogP contribution in [0.4, 0.5) is 10.5 Å². The summed E-state index contributed by atoms with van der Waals surface area (Å²) in [6.07, 6.45) is 2.04. The van der Waals surface area contributed by atoms with Crippen LogP contribution in [-0.4, -0.2) is 39.0 Å². The van der Waals surface area contributed by atoms with Crippen LogP contribution in [-0.2, 0) is 6.54 Å². The summed E-state index contributed by atoms with van der Waals surface area (Å²) in [5.74, 6) is 2.28. The number of amides is 2. The van der Waals surface area contributed by atoms with E-state index in [1.165, 1.54) is 0 Å². The summed E-state index contributed by atoms with van der Waals surface area (Å²) in [5, 5.41) is 8.08. The van der Waals surface area contributed by atoms with Gasteiger partial charge in [-0.05, 0) is 80.4 Å². The minimum absolute atomic E-state index is 0.242. The SMILES string of the molecule is CCOc1cccc([C@H]2c3cccn3-c3c(c(C)nn3-c3ccccc3)CN2C(=O)Nc2cc(C)ccc2OC)c1. The molecule has 1 aliphatic rings. The van der Waals surface area contributed by atoms with Gasteiger partial charge >= 0.3 is 6.03 Å². The number of nitrogens with one attached hydrogen (secondary N) is 1. The second-order valence-corrected chi connectivity index (χ2v) is 10.1. The van der Waals surface area contributed by atoms with E-state index < -0.39 is 6.04 Å². The van der Waals surface area contributed by atoms with Crippen LogP contribution in [0.5, 0.6) is 11.5 Å². The number of methoxy groups -OCH3 is 1. The molecule has 208 valence electrons. The quantitative estimate of drug-likeness (QED) is 0.253. The first-order chi connectivity index (χ1) is 20.0. The summed E-state index contributed by atoms with van der Waals surface area (Å²) in [6.45, 7) is 6.85. The van der Waals surface area contributed by atoms with Crippen LogP contribution in [0.3, 0.4) is 0 Å². The lowest BCUT2D eigenvalue weighted by atomic mass is 10.0. The van der Waals surface area contributed by atoms with Gasteiger partial charge in [0.05, 0.1) is 49.1 Å². The van der Waals surface area contributed by atoms with Crippen LogP contribution in [0.2, 0.25) is 0 Å². The normalized spacial score (nSPS) is 14.1. The Balaban J connectivity index is 1.53. The van der Waals surface area contributed by atoms with Crippen molar-refractivity contribution < 1.29 is 14.3 Å². The van der Waals surface area contributed by atoms with Gasteiger partial charge in [-0.1, -0.05) is 36.4 Å². The van der Waals surface area contributed by atoms with E-state index in [0.717, 1.165) is 45.3 Å². The molecule has 1 atom stereocenters. The number of anilines is 1. The third-order valence-electron chi connectivity index (χ3n) is 7.43. The number of aryl methyl sites for hydroxylation is 2. The number of para-hydroxylation sites is 1. The Bertz CT molecular complexity index is 1710. The molecule has 2 amide bonds. The topological polar surface area (TPSA) is 73.5 Å². The molecular formula is C33H33N5O3. The standard InChI is InChI=1S/C33H33N5O3/c1-5-41-26-14-9-11-24(20-26)31-29-15-10-18-36(29)32-27(23(3)35-38(32)25-12-7-6-8-13-25)21-37(31)33(39)34-28-19-22(2)16-17-30(28)40-4/h6-20,31H,5,21H2,1-4H3,(H,34,39)/t31-/m0/s1. The van der Waals surface area contributed by atoms with Gasteiger partial charge in [0.15, 0.2) is 0 Å². The molecule has 3 heterocycles. The van der Waals surface area contributed by atoms with E-state index in [-0.39, 0.29) is 6.03 Å². The number of hydrogen-bond donors (Lipinski definition) is 1. The summed E-state index contributed by atoms with van der Waals surface area (Å²) >= 11 is 0. The number of hydrogen-bond acceptors (Lipinski definition) is 4. The molecule has 0 radical (unpaired) electrons. The van der Waals surface area contributed by atoms with Gasteiger partial charge in [-0.15, -0.1) is 0 Å². The van der Waals surface area contributed by atoms with Gasteiger partial charge in [0.1, 0.15) is 17.3 Å². The van der Waals surface area contributed by atoms with E-state index in [4.69, 9.17) is 14.6 Å². The maximum Gasteiger partial charge on any atom is 0.323 e. The number of rotatable bonds is 6. The van der Waals surface area contributed by atoms with Crippen molar-refractivity contribution in [2.24, 2.45) is 0 Å². The van der Waals surface area contributed by atoms with E-state index in [1.807, 2.05) is 115 Å². The Morgan fingerprint density at radius 2 is 1.83 bits per heavy atom. The molecule has 1 aliphatic heterocycles. The number of ether oxygens (including phenoxy) is 2. The van der Waals surface area contributed by atoms with Crippen molar-refractivity contribution >= 4 is 11.7 Å². The fourth-order valence-electron chi connectivity index (χ4n) is 5.55. The first kappa shape index (κ1) is 26.3. The number of fused-ring (bicyclic) bond motifs is 3. The predicted octanol–water partition coefficient (Wildman–Crippen LogP) is 6.82. The Hall–Kier alpha value is -4.98. The number of aromatic nitrogens is 3. The van der Waals surface area contributed by atoms with Crippen molar-refractivity contribution in [1.29, 1.82) is 0 Å².